The monoisotopic (exact) mass is 274 g/mol. The molecule has 0 saturated carbocycles. The molecule has 0 aliphatic heterocycles. The number of aryl methyl sites for hydroxylation is 2. The molecule has 1 rings (SSSR count). The van der Waals surface area contributed by atoms with E-state index >= 15 is 0 Å². The van der Waals surface area contributed by atoms with Gasteiger partial charge in [-0.2, -0.15) is 5.10 Å². The first kappa shape index (κ1) is 14.7. The maximum atomic E-state index is 11.0. The number of carboxylic acids is 1. The summed E-state index contributed by atoms with van der Waals surface area (Å²) in [5, 5.41) is 13.0. The van der Waals surface area contributed by atoms with Gasteiger partial charge < -0.3 is 5.11 Å². The summed E-state index contributed by atoms with van der Waals surface area (Å²) in [5.74, 6) is -0.781. The van der Waals surface area contributed by atoms with Crippen molar-refractivity contribution < 1.29 is 18.3 Å². The quantitative estimate of drug-likeness (QED) is 0.818. The van der Waals surface area contributed by atoms with Crippen molar-refractivity contribution in [3.05, 3.63) is 17.0 Å². The minimum Gasteiger partial charge on any atom is -0.481 e. The topological polar surface area (TPSA) is 89.3 Å². The average molecular weight is 274 g/mol. The van der Waals surface area contributed by atoms with Crippen LogP contribution in [0.25, 0.3) is 0 Å². The van der Waals surface area contributed by atoms with Crippen molar-refractivity contribution in [2.24, 2.45) is 0 Å². The molecule has 102 valence electrons. The van der Waals surface area contributed by atoms with E-state index in [-0.39, 0.29) is 12.2 Å². The highest BCUT2D eigenvalue weighted by Gasteiger charge is 2.14. The normalized spacial score (nSPS) is 11.7. The van der Waals surface area contributed by atoms with Crippen LogP contribution in [0.5, 0.6) is 0 Å². The third-order valence-electron chi connectivity index (χ3n) is 2.74. The second kappa shape index (κ2) is 5.51. The SMILES string of the molecule is Cc1nn(CCCS(C)(=O)=O)c(C)c1CC(=O)O. The van der Waals surface area contributed by atoms with Crippen molar-refractivity contribution >= 4 is 15.8 Å². The number of hydrogen-bond donors (Lipinski definition) is 1. The van der Waals surface area contributed by atoms with E-state index in [1.54, 1.807) is 18.5 Å². The van der Waals surface area contributed by atoms with Crippen LogP contribution in [0.4, 0.5) is 0 Å². The average Bonchev–Trinajstić information content (AvgIpc) is 2.43. The zero-order valence-electron chi connectivity index (χ0n) is 10.8. The van der Waals surface area contributed by atoms with Crippen molar-refractivity contribution in [1.29, 1.82) is 0 Å². The summed E-state index contributed by atoms with van der Waals surface area (Å²) in [7, 11) is -2.96. The van der Waals surface area contributed by atoms with E-state index in [4.69, 9.17) is 5.11 Å². The molecule has 0 radical (unpaired) electrons. The van der Waals surface area contributed by atoms with E-state index in [2.05, 4.69) is 5.10 Å². The maximum Gasteiger partial charge on any atom is 0.307 e. The van der Waals surface area contributed by atoms with Gasteiger partial charge in [0, 0.05) is 24.1 Å². The van der Waals surface area contributed by atoms with Crippen LogP contribution in [0.3, 0.4) is 0 Å². The van der Waals surface area contributed by atoms with E-state index in [1.165, 1.54) is 6.26 Å². The van der Waals surface area contributed by atoms with Crippen LogP contribution in [0.1, 0.15) is 23.4 Å². The fourth-order valence-electron chi connectivity index (χ4n) is 1.84. The van der Waals surface area contributed by atoms with Gasteiger partial charge in [0.25, 0.3) is 0 Å². The lowest BCUT2D eigenvalue weighted by molar-refractivity contribution is -0.136. The second-order valence-electron chi connectivity index (χ2n) is 4.43. The molecule has 0 aromatic carbocycles. The summed E-state index contributed by atoms with van der Waals surface area (Å²) in [5.41, 5.74) is 2.19. The van der Waals surface area contributed by atoms with Gasteiger partial charge in [0.15, 0.2) is 0 Å². The molecule has 1 heterocycles. The van der Waals surface area contributed by atoms with Crippen LogP contribution in [0.15, 0.2) is 0 Å². The van der Waals surface area contributed by atoms with Gasteiger partial charge in [0.05, 0.1) is 17.9 Å². The Balaban J connectivity index is 2.76. The standard InChI is InChI=1S/C11H18N2O4S/c1-8-10(7-11(14)15)9(2)13(12-8)5-4-6-18(3,16)17/h4-7H2,1-3H3,(H,14,15). The van der Waals surface area contributed by atoms with Gasteiger partial charge in [-0.15, -0.1) is 0 Å². The molecule has 6 nitrogen and oxygen atoms in total. The lowest BCUT2D eigenvalue weighted by Crippen LogP contribution is -2.10. The van der Waals surface area contributed by atoms with Crippen molar-refractivity contribution in [1.82, 2.24) is 9.78 Å². The molecule has 0 bridgehead atoms. The van der Waals surface area contributed by atoms with Gasteiger partial charge in [-0.1, -0.05) is 0 Å². The van der Waals surface area contributed by atoms with Gasteiger partial charge in [-0.3, -0.25) is 9.48 Å². The molecule has 18 heavy (non-hydrogen) atoms. The Morgan fingerprint density at radius 3 is 2.50 bits per heavy atom. The van der Waals surface area contributed by atoms with Crippen LogP contribution >= 0.6 is 0 Å². The molecule has 7 heteroatoms. The molecule has 0 atom stereocenters. The Bertz CT molecular complexity index is 546. The number of carboxylic acid groups (broad SMARTS) is 1. The molecule has 0 aliphatic rings. The molecule has 0 aliphatic carbocycles. The molecule has 0 unspecified atom stereocenters. The van der Waals surface area contributed by atoms with Crippen molar-refractivity contribution in [3.63, 3.8) is 0 Å². The highest BCUT2D eigenvalue weighted by molar-refractivity contribution is 7.90. The molecular formula is C11H18N2O4S. The maximum absolute atomic E-state index is 11.0. The lowest BCUT2D eigenvalue weighted by Gasteiger charge is -2.04. The smallest absolute Gasteiger partial charge is 0.307 e. The van der Waals surface area contributed by atoms with Crippen LogP contribution in [0.2, 0.25) is 0 Å². The Morgan fingerprint density at radius 1 is 1.39 bits per heavy atom. The number of sulfone groups is 1. The minimum absolute atomic E-state index is 0.0518. The predicted octanol–water partition coefficient (Wildman–Crippen LogP) is 0.562. The third kappa shape index (κ3) is 4.14. The second-order valence-corrected chi connectivity index (χ2v) is 6.69. The largest absolute Gasteiger partial charge is 0.481 e. The summed E-state index contributed by atoms with van der Waals surface area (Å²) < 4.78 is 23.7. The van der Waals surface area contributed by atoms with Gasteiger partial charge >= 0.3 is 5.97 Å². The van der Waals surface area contributed by atoms with Crippen LogP contribution < -0.4 is 0 Å². The summed E-state index contributed by atoms with van der Waals surface area (Å²) in [4.78, 5) is 10.7. The molecule has 1 N–H and O–H groups in total. The Labute approximate surface area is 107 Å². The van der Waals surface area contributed by atoms with Crippen molar-refractivity contribution in [2.45, 2.75) is 33.2 Å². The number of rotatable bonds is 6. The number of carbonyl (C=O) groups is 1. The highest BCUT2D eigenvalue weighted by Crippen LogP contribution is 2.14. The third-order valence-corrected chi connectivity index (χ3v) is 3.77. The Morgan fingerprint density at radius 2 is 2.00 bits per heavy atom. The lowest BCUT2D eigenvalue weighted by atomic mass is 10.1. The molecule has 1 aromatic rings. The fourth-order valence-corrected chi connectivity index (χ4v) is 2.49. The van der Waals surface area contributed by atoms with E-state index in [0.29, 0.717) is 24.2 Å². The van der Waals surface area contributed by atoms with Gasteiger partial charge in [0.1, 0.15) is 9.84 Å². The van der Waals surface area contributed by atoms with Crippen LogP contribution in [0, 0.1) is 13.8 Å². The van der Waals surface area contributed by atoms with Gasteiger partial charge in [-0.05, 0) is 20.3 Å². The first-order chi connectivity index (χ1) is 8.20. The molecular weight excluding hydrogens is 256 g/mol. The molecule has 1 aromatic heterocycles. The van der Waals surface area contributed by atoms with Crippen molar-refractivity contribution in [2.75, 3.05) is 12.0 Å². The number of aliphatic carboxylic acids is 1. The van der Waals surface area contributed by atoms with Crippen LogP contribution in [-0.4, -0.2) is 41.3 Å². The number of nitrogens with zero attached hydrogens (tertiary/aromatic N) is 2. The van der Waals surface area contributed by atoms with Gasteiger partial charge in [0.2, 0.25) is 0 Å². The van der Waals surface area contributed by atoms with Crippen LogP contribution in [-0.2, 0) is 27.6 Å². The van der Waals surface area contributed by atoms with E-state index in [1.807, 2.05) is 0 Å². The molecule has 0 amide bonds. The summed E-state index contributed by atoms with van der Waals surface area (Å²) in [6, 6.07) is 0. The number of hydrogen-bond acceptors (Lipinski definition) is 4. The van der Waals surface area contributed by atoms with Crippen molar-refractivity contribution in [3.8, 4) is 0 Å². The van der Waals surface area contributed by atoms with Gasteiger partial charge in [-0.25, -0.2) is 8.42 Å². The Hall–Kier alpha value is -1.37. The zero-order chi connectivity index (χ0) is 13.9. The molecule has 0 saturated heterocycles. The molecule has 0 spiro atoms. The minimum atomic E-state index is -2.96. The molecule has 0 fully saturated rings. The highest BCUT2D eigenvalue weighted by atomic mass is 32.2. The summed E-state index contributed by atoms with van der Waals surface area (Å²) in [6.07, 6.45) is 1.63. The zero-order valence-corrected chi connectivity index (χ0v) is 11.6. The fraction of sp³-hybridized carbons (Fsp3) is 0.636. The summed E-state index contributed by atoms with van der Waals surface area (Å²) in [6.45, 7) is 4.05. The number of aromatic nitrogens is 2. The van der Waals surface area contributed by atoms with E-state index in [9.17, 15) is 13.2 Å². The van der Waals surface area contributed by atoms with E-state index < -0.39 is 15.8 Å². The predicted molar refractivity (Wildman–Crippen MR) is 67.4 cm³/mol. The Kier molecular flexibility index (Phi) is 4.50. The first-order valence-corrected chi connectivity index (χ1v) is 7.69. The van der Waals surface area contributed by atoms with E-state index in [0.717, 1.165) is 5.69 Å². The first-order valence-electron chi connectivity index (χ1n) is 5.63. The summed E-state index contributed by atoms with van der Waals surface area (Å²) >= 11 is 0.